The van der Waals surface area contributed by atoms with Crippen LogP contribution < -0.4 is 9.64 Å². The van der Waals surface area contributed by atoms with Crippen molar-refractivity contribution in [2.75, 3.05) is 4.90 Å². The van der Waals surface area contributed by atoms with Crippen LogP contribution in [0.1, 0.15) is 27.7 Å². The summed E-state index contributed by atoms with van der Waals surface area (Å²) in [5.74, 6) is 0.247. The molecule has 5 nitrogen and oxygen atoms in total. The zero-order chi connectivity index (χ0) is 15.3. The van der Waals surface area contributed by atoms with Crippen LogP contribution in [0.25, 0.3) is 0 Å². The molecule has 0 bridgehead atoms. The number of carbonyl (C=O) groups excluding carboxylic acids is 1. The van der Waals surface area contributed by atoms with Crippen molar-refractivity contribution in [3.8, 4) is 5.75 Å². The highest BCUT2D eigenvalue weighted by atomic mass is 35.7. The van der Waals surface area contributed by atoms with Gasteiger partial charge in [0.25, 0.3) is 15.0 Å². The average Bonchev–Trinajstić information content (AvgIpc) is 2.27. The summed E-state index contributed by atoms with van der Waals surface area (Å²) < 4.78 is 28.5. The average molecular weight is 318 g/mol. The first-order valence-electron chi connectivity index (χ1n) is 6.15. The van der Waals surface area contributed by atoms with Crippen LogP contribution in [-0.4, -0.2) is 26.0 Å². The smallest absolute Gasteiger partial charge is 0.270 e. The van der Waals surface area contributed by atoms with Crippen molar-refractivity contribution in [2.24, 2.45) is 0 Å². The van der Waals surface area contributed by atoms with E-state index in [-0.39, 0.29) is 16.8 Å². The molecule has 20 heavy (non-hydrogen) atoms. The molecule has 1 aliphatic heterocycles. The first-order valence-corrected chi connectivity index (χ1v) is 8.46. The maximum Gasteiger partial charge on any atom is 0.270 e. The molecule has 0 radical (unpaired) electrons. The van der Waals surface area contributed by atoms with Gasteiger partial charge >= 0.3 is 0 Å². The van der Waals surface area contributed by atoms with E-state index in [0.29, 0.717) is 11.4 Å². The first-order chi connectivity index (χ1) is 9.04. The monoisotopic (exact) mass is 317 g/mol. The number of fused-ring (bicyclic) bond motifs is 1. The first kappa shape index (κ1) is 15.1. The molecule has 2 rings (SSSR count). The Labute approximate surface area is 122 Å². The summed E-state index contributed by atoms with van der Waals surface area (Å²) in [6, 6.07) is 4.13. The van der Waals surface area contributed by atoms with Crippen molar-refractivity contribution < 1.29 is 17.9 Å². The van der Waals surface area contributed by atoms with Crippen LogP contribution in [0.5, 0.6) is 5.75 Å². The lowest BCUT2D eigenvalue weighted by Crippen LogP contribution is -2.54. The minimum absolute atomic E-state index is 0.0559. The van der Waals surface area contributed by atoms with Gasteiger partial charge in [-0.1, -0.05) is 0 Å². The highest BCUT2D eigenvalue weighted by Crippen LogP contribution is 2.40. The van der Waals surface area contributed by atoms with Gasteiger partial charge in [0, 0.05) is 16.7 Å². The van der Waals surface area contributed by atoms with Crippen LogP contribution in [0, 0.1) is 0 Å². The Morgan fingerprint density at radius 3 is 2.40 bits per heavy atom. The number of benzene rings is 1. The summed E-state index contributed by atoms with van der Waals surface area (Å²) in [4.78, 5) is 13.9. The van der Waals surface area contributed by atoms with Crippen LogP contribution in [0.4, 0.5) is 5.69 Å². The molecule has 0 fully saturated rings. The number of nitrogens with zero attached hydrogens (tertiary/aromatic N) is 1. The zero-order valence-corrected chi connectivity index (χ0v) is 13.2. The van der Waals surface area contributed by atoms with Gasteiger partial charge in [-0.05, 0) is 45.9 Å². The second kappa shape index (κ2) is 4.63. The lowest BCUT2D eigenvalue weighted by Gasteiger charge is -2.40. The van der Waals surface area contributed by atoms with Crippen molar-refractivity contribution in [3.63, 3.8) is 0 Å². The molecule has 110 valence electrons. The highest BCUT2D eigenvalue weighted by molar-refractivity contribution is 8.13. The summed E-state index contributed by atoms with van der Waals surface area (Å²) in [7, 11) is 1.50. The summed E-state index contributed by atoms with van der Waals surface area (Å²) in [5.41, 5.74) is -0.565. The summed E-state index contributed by atoms with van der Waals surface area (Å²) >= 11 is 0. The van der Waals surface area contributed by atoms with Crippen LogP contribution >= 0.6 is 10.7 Å². The number of rotatable bonds is 2. The van der Waals surface area contributed by atoms with Gasteiger partial charge in [-0.3, -0.25) is 4.79 Å². The van der Waals surface area contributed by atoms with E-state index in [0.717, 1.165) is 0 Å². The second-order valence-electron chi connectivity index (χ2n) is 5.45. The number of anilines is 1. The van der Waals surface area contributed by atoms with Crippen molar-refractivity contribution >= 4 is 31.3 Å². The van der Waals surface area contributed by atoms with Gasteiger partial charge in [0.2, 0.25) is 0 Å². The largest absolute Gasteiger partial charge is 0.476 e. The fourth-order valence-electron chi connectivity index (χ4n) is 2.15. The van der Waals surface area contributed by atoms with E-state index in [1.807, 2.05) is 13.8 Å². The Balaban J connectivity index is 2.66. The Hall–Kier alpha value is -1.27. The van der Waals surface area contributed by atoms with E-state index in [9.17, 15) is 13.2 Å². The minimum Gasteiger partial charge on any atom is -0.476 e. The molecule has 0 saturated carbocycles. The number of hydrogen-bond acceptors (Lipinski definition) is 4. The van der Waals surface area contributed by atoms with E-state index in [4.69, 9.17) is 15.4 Å². The van der Waals surface area contributed by atoms with E-state index >= 15 is 0 Å². The van der Waals surface area contributed by atoms with Gasteiger partial charge in [-0.25, -0.2) is 8.42 Å². The standard InChI is InChI=1S/C13H16ClNO4S/c1-8(2)15-10-7-9(20(14,17)18)5-6-11(10)19-13(3,4)12(15)16/h5-8H,1-4H3. The van der Waals surface area contributed by atoms with E-state index in [1.165, 1.54) is 23.1 Å². The van der Waals surface area contributed by atoms with Gasteiger partial charge in [0.1, 0.15) is 5.75 Å². The quantitative estimate of drug-likeness (QED) is 0.786. The maximum absolute atomic E-state index is 12.4. The van der Waals surface area contributed by atoms with Crippen molar-refractivity contribution in [3.05, 3.63) is 18.2 Å². The molecule has 0 aliphatic carbocycles. The van der Waals surface area contributed by atoms with E-state index in [1.54, 1.807) is 13.8 Å². The van der Waals surface area contributed by atoms with Crippen molar-refractivity contribution in [1.29, 1.82) is 0 Å². The number of halogens is 1. The molecular formula is C13H16ClNO4S. The molecule has 0 saturated heterocycles. The molecule has 0 unspecified atom stereocenters. The molecule has 1 amide bonds. The Morgan fingerprint density at radius 2 is 1.90 bits per heavy atom. The predicted octanol–water partition coefficient (Wildman–Crippen LogP) is 2.53. The Bertz CT molecular complexity index is 667. The van der Waals surface area contributed by atoms with E-state index < -0.39 is 14.7 Å². The SMILES string of the molecule is CC(C)N1C(=O)C(C)(C)Oc2ccc(S(=O)(=O)Cl)cc21. The molecule has 0 atom stereocenters. The van der Waals surface area contributed by atoms with Gasteiger partial charge in [-0.15, -0.1) is 0 Å². The van der Waals surface area contributed by atoms with Crippen LogP contribution in [0.3, 0.4) is 0 Å². The number of hydrogen-bond donors (Lipinski definition) is 0. The minimum atomic E-state index is -3.85. The highest BCUT2D eigenvalue weighted by Gasteiger charge is 2.42. The molecule has 0 aromatic heterocycles. The molecule has 1 aromatic rings. The molecule has 0 N–H and O–H groups in total. The summed E-state index contributed by atoms with van der Waals surface area (Å²) in [5, 5.41) is 0. The van der Waals surface area contributed by atoms with Crippen LogP contribution in [0.2, 0.25) is 0 Å². The molecule has 1 aliphatic rings. The summed E-state index contributed by atoms with van der Waals surface area (Å²) in [6.45, 7) is 7.07. The third-order valence-electron chi connectivity index (χ3n) is 3.09. The zero-order valence-electron chi connectivity index (χ0n) is 11.7. The maximum atomic E-state index is 12.4. The lowest BCUT2D eigenvalue weighted by atomic mass is 10.0. The molecule has 0 spiro atoms. The fraction of sp³-hybridized carbons (Fsp3) is 0.462. The third-order valence-corrected chi connectivity index (χ3v) is 4.44. The van der Waals surface area contributed by atoms with Crippen molar-refractivity contribution in [1.82, 2.24) is 0 Å². The van der Waals surface area contributed by atoms with Crippen LogP contribution in [-0.2, 0) is 13.8 Å². The lowest BCUT2D eigenvalue weighted by molar-refractivity contribution is -0.133. The number of carbonyl (C=O) groups is 1. The Morgan fingerprint density at radius 1 is 1.30 bits per heavy atom. The van der Waals surface area contributed by atoms with Crippen LogP contribution in [0.15, 0.2) is 23.1 Å². The number of ether oxygens (including phenoxy) is 1. The van der Waals surface area contributed by atoms with Crippen molar-refractivity contribution in [2.45, 2.75) is 44.2 Å². The molecule has 7 heteroatoms. The molecular weight excluding hydrogens is 302 g/mol. The normalized spacial score (nSPS) is 17.9. The van der Waals surface area contributed by atoms with Gasteiger partial charge < -0.3 is 9.64 Å². The van der Waals surface area contributed by atoms with Gasteiger partial charge in [0.15, 0.2) is 5.60 Å². The molecule has 1 aromatic carbocycles. The van der Waals surface area contributed by atoms with Gasteiger partial charge in [-0.2, -0.15) is 0 Å². The Kier molecular flexibility index (Phi) is 3.50. The van der Waals surface area contributed by atoms with Gasteiger partial charge in [0.05, 0.1) is 10.6 Å². The second-order valence-corrected chi connectivity index (χ2v) is 8.01. The molecule has 1 heterocycles. The fourth-order valence-corrected chi connectivity index (χ4v) is 2.93. The summed E-state index contributed by atoms with van der Waals surface area (Å²) in [6.07, 6.45) is 0. The topological polar surface area (TPSA) is 63.7 Å². The van der Waals surface area contributed by atoms with E-state index in [2.05, 4.69) is 0 Å². The predicted molar refractivity (Wildman–Crippen MR) is 76.8 cm³/mol. The number of amides is 1. The third kappa shape index (κ3) is 2.50.